The lowest BCUT2D eigenvalue weighted by Gasteiger charge is -1.99. The number of aromatic nitrogens is 4. The lowest BCUT2D eigenvalue weighted by Crippen LogP contribution is -2.25. The molecule has 0 bridgehead atoms. The van der Waals surface area contributed by atoms with E-state index in [1.54, 1.807) is 6.92 Å². The van der Waals surface area contributed by atoms with Crippen molar-refractivity contribution >= 4 is 5.91 Å². The maximum atomic E-state index is 11.6. The molecule has 0 fully saturated rings. The van der Waals surface area contributed by atoms with E-state index in [0.29, 0.717) is 11.7 Å². The molecule has 8 nitrogen and oxygen atoms in total. The van der Waals surface area contributed by atoms with Crippen LogP contribution in [0.15, 0.2) is 21.5 Å². The molecule has 1 amide bonds. The van der Waals surface area contributed by atoms with Crippen LogP contribution in [0, 0.1) is 6.92 Å². The highest BCUT2D eigenvalue weighted by Crippen LogP contribution is 1.96. The number of nitrogens with one attached hydrogen (secondary N) is 2. The summed E-state index contributed by atoms with van der Waals surface area (Å²) in [6.45, 7) is 1.79. The highest BCUT2D eigenvalue weighted by atomic mass is 16.5. The third-order valence-corrected chi connectivity index (χ3v) is 1.88. The minimum atomic E-state index is -0.433. The van der Waals surface area contributed by atoms with Crippen LogP contribution < -0.4 is 10.9 Å². The molecule has 8 heteroatoms. The van der Waals surface area contributed by atoms with Gasteiger partial charge in [-0.1, -0.05) is 5.16 Å². The number of hydrogen-bond donors (Lipinski definition) is 2. The zero-order chi connectivity index (χ0) is 12.3. The summed E-state index contributed by atoms with van der Waals surface area (Å²) < 4.78 is 4.82. The van der Waals surface area contributed by atoms with Crippen LogP contribution in [0.2, 0.25) is 0 Å². The van der Waals surface area contributed by atoms with Gasteiger partial charge in [-0.05, 0) is 13.0 Å². The molecule has 2 N–H and O–H groups in total. The van der Waals surface area contributed by atoms with Gasteiger partial charge in [0.25, 0.3) is 11.5 Å². The maximum Gasteiger partial charge on any atom is 0.272 e. The lowest BCUT2D eigenvalue weighted by atomic mass is 10.3. The number of H-pyrrole nitrogens is 1. The van der Waals surface area contributed by atoms with Gasteiger partial charge in [-0.2, -0.15) is 10.1 Å². The van der Waals surface area contributed by atoms with E-state index in [1.165, 1.54) is 12.1 Å². The van der Waals surface area contributed by atoms with E-state index in [9.17, 15) is 9.59 Å². The number of aryl methyl sites for hydroxylation is 1. The zero-order valence-corrected chi connectivity index (χ0v) is 8.93. The summed E-state index contributed by atoms with van der Waals surface area (Å²) in [6.07, 6.45) is 0. The van der Waals surface area contributed by atoms with Crippen molar-refractivity contribution in [3.63, 3.8) is 0 Å². The Balaban J connectivity index is 1.98. The molecule has 17 heavy (non-hydrogen) atoms. The molecule has 0 spiro atoms. The minimum Gasteiger partial charge on any atom is -0.342 e. The third kappa shape index (κ3) is 2.74. The summed E-state index contributed by atoms with van der Waals surface area (Å²) in [5.41, 5.74) is -0.255. The molecule has 0 aliphatic carbocycles. The maximum absolute atomic E-state index is 11.6. The fourth-order valence-electron chi connectivity index (χ4n) is 1.13. The molecule has 0 atom stereocenters. The molecular weight excluding hydrogens is 226 g/mol. The van der Waals surface area contributed by atoms with E-state index in [2.05, 4.69) is 25.7 Å². The van der Waals surface area contributed by atoms with Crippen LogP contribution in [-0.2, 0) is 6.54 Å². The van der Waals surface area contributed by atoms with Crippen molar-refractivity contribution in [2.75, 3.05) is 0 Å². The molecule has 0 aliphatic heterocycles. The number of aromatic amines is 1. The largest absolute Gasteiger partial charge is 0.342 e. The van der Waals surface area contributed by atoms with E-state index in [0.717, 1.165) is 0 Å². The Labute approximate surface area is 95.0 Å². The smallest absolute Gasteiger partial charge is 0.272 e. The predicted octanol–water partition coefficient (Wildman–Crippen LogP) is -0.609. The van der Waals surface area contributed by atoms with Crippen LogP contribution in [-0.4, -0.2) is 26.2 Å². The highest BCUT2D eigenvalue weighted by Gasteiger charge is 2.09. The van der Waals surface area contributed by atoms with Crippen LogP contribution in [0.3, 0.4) is 0 Å². The van der Waals surface area contributed by atoms with Crippen molar-refractivity contribution in [3.05, 3.63) is 39.9 Å². The monoisotopic (exact) mass is 235 g/mol. The van der Waals surface area contributed by atoms with Gasteiger partial charge >= 0.3 is 0 Å². The van der Waals surface area contributed by atoms with Crippen molar-refractivity contribution in [1.82, 2.24) is 25.7 Å². The number of nitrogens with zero attached hydrogens (tertiary/aromatic N) is 3. The molecular formula is C9H9N5O3. The molecule has 2 aromatic heterocycles. The van der Waals surface area contributed by atoms with E-state index >= 15 is 0 Å². The molecule has 0 aliphatic rings. The van der Waals surface area contributed by atoms with Crippen molar-refractivity contribution < 1.29 is 9.32 Å². The quantitative estimate of drug-likeness (QED) is 0.733. The average Bonchev–Trinajstić information content (AvgIpc) is 2.73. The van der Waals surface area contributed by atoms with Gasteiger partial charge in [0, 0.05) is 6.07 Å². The van der Waals surface area contributed by atoms with Crippen molar-refractivity contribution in [2.45, 2.75) is 13.5 Å². The van der Waals surface area contributed by atoms with E-state index < -0.39 is 5.91 Å². The average molecular weight is 235 g/mol. The van der Waals surface area contributed by atoms with Crippen LogP contribution in [0.5, 0.6) is 0 Å². The molecule has 0 saturated carbocycles. The van der Waals surface area contributed by atoms with Crippen LogP contribution in [0.1, 0.15) is 22.2 Å². The highest BCUT2D eigenvalue weighted by molar-refractivity contribution is 5.91. The van der Waals surface area contributed by atoms with Gasteiger partial charge in [-0.3, -0.25) is 9.59 Å². The summed E-state index contributed by atoms with van der Waals surface area (Å²) in [5, 5.41) is 11.9. The third-order valence-electron chi connectivity index (χ3n) is 1.88. The topological polar surface area (TPSA) is 114 Å². The van der Waals surface area contributed by atoms with Gasteiger partial charge in [-0.25, -0.2) is 5.10 Å². The number of carbonyl (C=O) groups is 1. The molecule has 0 saturated heterocycles. The fraction of sp³-hybridized carbons (Fsp3) is 0.222. The number of hydrogen-bond acceptors (Lipinski definition) is 6. The minimum absolute atomic E-state index is 0.112. The molecule has 2 heterocycles. The first-order valence-corrected chi connectivity index (χ1v) is 4.78. The van der Waals surface area contributed by atoms with E-state index in [4.69, 9.17) is 4.52 Å². The molecule has 0 aromatic carbocycles. The Bertz CT molecular complexity index is 568. The fourth-order valence-corrected chi connectivity index (χ4v) is 1.13. The van der Waals surface area contributed by atoms with Crippen molar-refractivity contribution in [1.29, 1.82) is 0 Å². The SMILES string of the molecule is Cc1noc(CNC(=O)c2ccc(=O)[nH]n2)n1. The van der Waals surface area contributed by atoms with Gasteiger partial charge in [0.05, 0.1) is 6.54 Å². The van der Waals surface area contributed by atoms with Crippen molar-refractivity contribution in [3.8, 4) is 0 Å². The Morgan fingerprint density at radius 2 is 2.35 bits per heavy atom. The first-order chi connectivity index (χ1) is 8.15. The summed E-state index contributed by atoms with van der Waals surface area (Å²) >= 11 is 0. The predicted molar refractivity (Wildman–Crippen MR) is 55.1 cm³/mol. The Morgan fingerprint density at radius 1 is 1.53 bits per heavy atom. The summed E-state index contributed by atoms with van der Waals surface area (Å²) in [6, 6.07) is 2.55. The summed E-state index contributed by atoms with van der Waals surface area (Å²) in [7, 11) is 0. The van der Waals surface area contributed by atoms with Gasteiger partial charge < -0.3 is 9.84 Å². The summed E-state index contributed by atoms with van der Waals surface area (Å²) in [4.78, 5) is 26.2. The second kappa shape index (κ2) is 4.56. The van der Waals surface area contributed by atoms with E-state index in [-0.39, 0.29) is 17.8 Å². The second-order valence-electron chi connectivity index (χ2n) is 3.22. The van der Waals surface area contributed by atoms with E-state index in [1.807, 2.05) is 0 Å². The van der Waals surface area contributed by atoms with Gasteiger partial charge in [-0.15, -0.1) is 0 Å². The number of amides is 1. The van der Waals surface area contributed by atoms with Crippen LogP contribution in [0.25, 0.3) is 0 Å². The zero-order valence-electron chi connectivity index (χ0n) is 8.93. The van der Waals surface area contributed by atoms with Gasteiger partial charge in [0.1, 0.15) is 5.69 Å². The standard InChI is InChI=1S/C9H9N5O3/c1-5-11-8(17-14-5)4-10-9(16)6-2-3-7(15)13-12-6/h2-3H,4H2,1H3,(H,10,16)(H,13,15). The Hall–Kier alpha value is -2.51. The molecule has 2 aromatic rings. The van der Waals surface area contributed by atoms with Gasteiger partial charge in [0.2, 0.25) is 5.89 Å². The first kappa shape index (κ1) is 11.0. The lowest BCUT2D eigenvalue weighted by molar-refractivity contribution is 0.0940. The molecule has 0 unspecified atom stereocenters. The second-order valence-corrected chi connectivity index (χ2v) is 3.22. The normalized spacial score (nSPS) is 10.2. The van der Waals surface area contributed by atoms with Crippen molar-refractivity contribution in [2.24, 2.45) is 0 Å². The van der Waals surface area contributed by atoms with Crippen LogP contribution >= 0.6 is 0 Å². The molecule has 88 valence electrons. The Morgan fingerprint density at radius 3 is 2.94 bits per heavy atom. The number of carbonyl (C=O) groups excluding carboxylic acids is 1. The number of rotatable bonds is 3. The Kier molecular flexibility index (Phi) is 2.95. The molecule has 0 radical (unpaired) electrons. The molecule has 2 rings (SSSR count). The van der Waals surface area contributed by atoms with Crippen LogP contribution in [0.4, 0.5) is 0 Å². The summed E-state index contributed by atoms with van der Waals surface area (Å²) in [5.74, 6) is 0.369. The van der Waals surface area contributed by atoms with Gasteiger partial charge in [0.15, 0.2) is 5.82 Å². The first-order valence-electron chi connectivity index (χ1n) is 4.78.